The van der Waals surface area contributed by atoms with Gasteiger partial charge in [-0.05, 0) is 42.5 Å². The molecule has 134 valence electrons. The normalized spacial score (nSPS) is 16.5. The van der Waals surface area contributed by atoms with E-state index in [4.69, 9.17) is 0 Å². The molecular weight excluding hydrogens is 332 g/mol. The molecular formula is C21H21F2N3. The minimum Gasteiger partial charge on any atom is -0.306 e. The maximum atomic E-state index is 13.4. The third-order valence-corrected chi connectivity index (χ3v) is 4.97. The highest BCUT2D eigenvalue weighted by Crippen LogP contribution is 2.30. The maximum Gasteiger partial charge on any atom is 0.159 e. The van der Waals surface area contributed by atoms with Gasteiger partial charge < -0.3 is 5.32 Å². The molecule has 1 aliphatic carbocycles. The first-order chi connectivity index (χ1) is 12.7. The number of hydrogen-bond donors (Lipinski definition) is 1. The Labute approximate surface area is 151 Å². The van der Waals surface area contributed by atoms with E-state index in [-0.39, 0.29) is 6.04 Å². The Hall–Kier alpha value is -2.53. The molecule has 0 fully saturated rings. The van der Waals surface area contributed by atoms with E-state index < -0.39 is 11.6 Å². The number of hydrogen-bond acceptors (Lipinski definition) is 2. The molecule has 0 aliphatic heterocycles. The van der Waals surface area contributed by atoms with E-state index >= 15 is 0 Å². The molecule has 26 heavy (non-hydrogen) atoms. The number of fused-ring (bicyclic) bond motifs is 1. The van der Waals surface area contributed by atoms with Gasteiger partial charge in [0.25, 0.3) is 0 Å². The van der Waals surface area contributed by atoms with Crippen LogP contribution >= 0.6 is 0 Å². The molecule has 0 radical (unpaired) electrons. The van der Waals surface area contributed by atoms with Crippen LogP contribution in [0.2, 0.25) is 0 Å². The molecule has 0 amide bonds. The van der Waals surface area contributed by atoms with E-state index in [2.05, 4.69) is 27.2 Å². The smallest absolute Gasteiger partial charge is 0.159 e. The molecule has 1 unspecified atom stereocenters. The SMILES string of the molecule is Fc1ccc(CNC2CCCc3c2cnn3Cc2ccccc2)cc1F. The van der Waals surface area contributed by atoms with E-state index in [0.29, 0.717) is 6.54 Å². The summed E-state index contributed by atoms with van der Waals surface area (Å²) < 4.78 is 28.5. The van der Waals surface area contributed by atoms with Crippen LogP contribution in [0, 0.1) is 11.6 Å². The molecule has 4 rings (SSSR count). The van der Waals surface area contributed by atoms with Crippen LogP contribution in [-0.4, -0.2) is 9.78 Å². The van der Waals surface area contributed by atoms with Crippen LogP contribution in [-0.2, 0) is 19.5 Å². The molecule has 0 spiro atoms. The molecule has 1 atom stereocenters. The first-order valence-electron chi connectivity index (χ1n) is 8.96. The largest absolute Gasteiger partial charge is 0.306 e. The Kier molecular flexibility index (Phi) is 4.80. The molecule has 1 aliphatic rings. The molecule has 3 aromatic rings. The second-order valence-electron chi connectivity index (χ2n) is 6.76. The van der Waals surface area contributed by atoms with Crippen molar-refractivity contribution in [1.82, 2.24) is 15.1 Å². The summed E-state index contributed by atoms with van der Waals surface area (Å²) in [6, 6.07) is 14.5. The van der Waals surface area contributed by atoms with E-state index in [1.165, 1.54) is 29.0 Å². The minimum atomic E-state index is -0.809. The molecule has 1 heterocycles. The topological polar surface area (TPSA) is 29.9 Å². The minimum absolute atomic E-state index is 0.191. The van der Waals surface area contributed by atoms with E-state index in [9.17, 15) is 8.78 Å². The number of aromatic nitrogens is 2. The van der Waals surface area contributed by atoms with Crippen molar-refractivity contribution in [3.05, 3.63) is 88.7 Å². The lowest BCUT2D eigenvalue weighted by atomic mass is 9.92. The van der Waals surface area contributed by atoms with Crippen LogP contribution in [0.15, 0.2) is 54.7 Å². The van der Waals surface area contributed by atoms with Gasteiger partial charge in [-0.15, -0.1) is 0 Å². The van der Waals surface area contributed by atoms with Crippen LogP contribution in [0.5, 0.6) is 0 Å². The lowest BCUT2D eigenvalue weighted by Crippen LogP contribution is -2.25. The zero-order valence-electron chi connectivity index (χ0n) is 14.5. The highest BCUT2D eigenvalue weighted by atomic mass is 19.2. The van der Waals surface area contributed by atoms with Crippen LogP contribution in [0.4, 0.5) is 8.78 Å². The highest BCUT2D eigenvalue weighted by molar-refractivity contribution is 5.27. The fourth-order valence-electron chi connectivity index (χ4n) is 3.61. The number of rotatable bonds is 5. The van der Waals surface area contributed by atoms with Gasteiger partial charge in [0.15, 0.2) is 11.6 Å². The molecule has 5 heteroatoms. The summed E-state index contributed by atoms with van der Waals surface area (Å²) in [5.41, 5.74) is 4.46. The molecule has 0 saturated heterocycles. The molecule has 0 bridgehead atoms. The van der Waals surface area contributed by atoms with Gasteiger partial charge >= 0.3 is 0 Å². The molecule has 3 nitrogen and oxygen atoms in total. The van der Waals surface area contributed by atoms with Crippen molar-refractivity contribution < 1.29 is 8.78 Å². The number of nitrogens with one attached hydrogen (secondary N) is 1. The van der Waals surface area contributed by atoms with Crippen molar-refractivity contribution in [2.24, 2.45) is 0 Å². The number of benzene rings is 2. The summed E-state index contributed by atoms with van der Waals surface area (Å²) in [5, 5.41) is 8.07. The Morgan fingerprint density at radius 2 is 1.88 bits per heavy atom. The third kappa shape index (κ3) is 3.53. The van der Waals surface area contributed by atoms with Gasteiger partial charge in [0.05, 0.1) is 12.7 Å². The summed E-state index contributed by atoms with van der Waals surface area (Å²) in [7, 11) is 0. The number of nitrogens with zero attached hydrogens (tertiary/aromatic N) is 2. The van der Waals surface area contributed by atoms with E-state index in [1.54, 1.807) is 6.07 Å². The zero-order valence-corrected chi connectivity index (χ0v) is 14.5. The molecule has 0 saturated carbocycles. The Morgan fingerprint density at radius 3 is 2.69 bits per heavy atom. The average Bonchev–Trinajstić information content (AvgIpc) is 3.07. The van der Waals surface area contributed by atoms with Crippen LogP contribution < -0.4 is 5.32 Å². The van der Waals surface area contributed by atoms with Gasteiger partial charge in [0, 0.05) is 23.8 Å². The standard InChI is InChI=1S/C21H21F2N3/c22-18-10-9-16(11-19(18)23)12-24-20-7-4-8-21-17(20)13-25-26(21)14-15-5-2-1-3-6-15/h1-3,5-6,9-11,13,20,24H,4,7-8,12,14H2. The van der Waals surface area contributed by atoms with Crippen molar-refractivity contribution >= 4 is 0 Å². The fraction of sp³-hybridized carbons (Fsp3) is 0.286. The Morgan fingerprint density at radius 1 is 1.04 bits per heavy atom. The maximum absolute atomic E-state index is 13.4. The van der Waals surface area contributed by atoms with Gasteiger partial charge in [-0.1, -0.05) is 36.4 Å². The van der Waals surface area contributed by atoms with Crippen molar-refractivity contribution in [2.75, 3.05) is 0 Å². The first-order valence-corrected chi connectivity index (χ1v) is 8.96. The van der Waals surface area contributed by atoms with Gasteiger partial charge in [-0.2, -0.15) is 5.10 Å². The fourth-order valence-corrected chi connectivity index (χ4v) is 3.61. The van der Waals surface area contributed by atoms with Crippen molar-refractivity contribution in [2.45, 2.75) is 38.4 Å². The predicted molar refractivity (Wildman–Crippen MR) is 96.6 cm³/mol. The third-order valence-electron chi connectivity index (χ3n) is 4.97. The average molecular weight is 353 g/mol. The first kappa shape index (κ1) is 16.9. The van der Waals surface area contributed by atoms with Gasteiger partial charge in [0.1, 0.15) is 0 Å². The van der Waals surface area contributed by atoms with E-state index in [1.807, 2.05) is 24.4 Å². The van der Waals surface area contributed by atoms with Crippen molar-refractivity contribution in [1.29, 1.82) is 0 Å². The second kappa shape index (κ2) is 7.38. The van der Waals surface area contributed by atoms with Crippen molar-refractivity contribution in [3.8, 4) is 0 Å². The molecule has 1 N–H and O–H groups in total. The summed E-state index contributed by atoms with van der Waals surface area (Å²) in [6.07, 6.45) is 5.07. The Balaban J connectivity index is 1.48. The van der Waals surface area contributed by atoms with Gasteiger partial charge in [0.2, 0.25) is 0 Å². The van der Waals surface area contributed by atoms with Crippen LogP contribution in [0.1, 0.15) is 41.3 Å². The summed E-state index contributed by atoms with van der Waals surface area (Å²) in [5.74, 6) is -1.61. The summed E-state index contributed by atoms with van der Waals surface area (Å²) >= 11 is 0. The summed E-state index contributed by atoms with van der Waals surface area (Å²) in [6.45, 7) is 1.28. The van der Waals surface area contributed by atoms with Crippen LogP contribution in [0.3, 0.4) is 0 Å². The lowest BCUT2D eigenvalue weighted by molar-refractivity contribution is 0.447. The molecule has 1 aromatic heterocycles. The lowest BCUT2D eigenvalue weighted by Gasteiger charge is -2.24. The number of halogens is 2. The Bertz CT molecular complexity index is 890. The summed E-state index contributed by atoms with van der Waals surface area (Å²) in [4.78, 5) is 0. The monoisotopic (exact) mass is 353 g/mol. The van der Waals surface area contributed by atoms with Gasteiger partial charge in [-0.25, -0.2) is 8.78 Å². The quantitative estimate of drug-likeness (QED) is 0.738. The zero-order chi connectivity index (χ0) is 17.9. The molecule has 2 aromatic carbocycles. The highest BCUT2D eigenvalue weighted by Gasteiger charge is 2.24. The van der Waals surface area contributed by atoms with Crippen molar-refractivity contribution in [3.63, 3.8) is 0 Å². The van der Waals surface area contributed by atoms with Crippen LogP contribution in [0.25, 0.3) is 0 Å². The van der Waals surface area contributed by atoms with Gasteiger partial charge in [-0.3, -0.25) is 4.68 Å². The second-order valence-corrected chi connectivity index (χ2v) is 6.76. The van der Waals surface area contributed by atoms with E-state index in [0.717, 1.165) is 31.4 Å². The predicted octanol–water partition coefficient (Wildman–Crippen LogP) is 4.38.